The molecule has 136 valence electrons. The highest BCUT2D eigenvalue weighted by Crippen LogP contribution is 2.67. The van der Waals surface area contributed by atoms with Gasteiger partial charge in [0.05, 0.1) is 5.38 Å². The van der Waals surface area contributed by atoms with Crippen molar-refractivity contribution < 1.29 is 14.7 Å². The van der Waals surface area contributed by atoms with Gasteiger partial charge in [0.1, 0.15) is 5.60 Å². The average molecular weight is 363 g/mol. The fraction of sp³-hybridized carbons (Fsp3) is 0.714. The quantitative estimate of drug-likeness (QED) is 0.721. The molecule has 3 fully saturated rings. The van der Waals surface area contributed by atoms with Gasteiger partial charge in [-0.25, -0.2) is 0 Å². The molecule has 0 amide bonds. The Kier molecular flexibility index (Phi) is 3.70. The Morgan fingerprint density at radius 1 is 1.24 bits per heavy atom. The molecule has 1 N–H and O–H groups in total. The predicted octanol–water partition coefficient (Wildman–Crippen LogP) is 3.83. The summed E-state index contributed by atoms with van der Waals surface area (Å²) < 4.78 is 0. The molecule has 4 rings (SSSR count). The third-order valence-corrected chi connectivity index (χ3v) is 8.68. The number of hydrogen-bond donors (Lipinski definition) is 1. The zero-order chi connectivity index (χ0) is 18.2. The van der Waals surface area contributed by atoms with Gasteiger partial charge in [0.2, 0.25) is 0 Å². The summed E-state index contributed by atoms with van der Waals surface area (Å²) in [5.74, 6) is 1.05. The largest absolute Gasteiger partial charge is 0.382 e. The smallest absolute Gasteiger partial charge is 0.178 e. The van der Waals surface area contributed by atoms with Gasteiger partial charge < -0.3 is 5.11 Å². The van der Waals surface area contributed by atoms with E-state index in [4.69, 9.17) is 11.6 Å². The van der Waals surface area contributed by atoms with Crippen molar-refractivity contribution in [3.63, 3.8) is 0 Å². The summed E-state index contributed by atoms with van der Waals surface area (Å²) in [6, 6.07) is 0. The zero-order valence-corrected chi connectivity index (χ0v) is 16.0. The molecule has 0 heterocycles. The van der Waals surface area contributed by atoms with Gasteiger partial charge in [0, 0.05) is 10.8 Å². The fourth-order valence-electron chi connectivity index (χ4n) is 6.79. The zero-order valence-electron chi connectivity index (χ0n) is 15.2. The SMILES string of the molecule is CC(=O)[C@]1(O)CC[C@@H]2[C@H]3C[C@H](Cl)C4=CC(=O)C=C[C@@]4(C)[C@H]3CC[C@@]21C. The molecule has 0 aromatic heterocycles. The number of allylic oxidation sites excluding steroid dienone is 4. The second-order valence-electron chi connectivity index (χ2n) is 9.11. The third kappa shape index (κ3) is 2.09. The summed E-state index contributed by atoms with van der Waals surface area (Å²) in [7, 11) is 0. The maximum Gasteiger partial charge on any atom is 0.178 e. The molecule has 25 heavy (non-hydrogen) atoms. The summed E-state index contributed by atoms with van der Waals surface area (Å²) in [4.78, 5) is 24.1. The number of Topliss-reactive ketones (excluding diaryl/α,β-unsaturated/α-hetero) is 1. The molecule has 0 aromatic carbocycles. The van der Waals surface area contributed by atoms with Crippen molar-refractivity contribution in [2.24, 2.45) is 28.6 Å². The number of carbonyl (C=O) groups is 2. The van der Waals surface area contributed by atoms with Gasteiger partial charge in [0.25, 0.3) is 0 Å². The number of ketones is 2. The van der Waals surface area contributed by atoms with Crippen LogP contribution in [-0.4, -0.2) is 27.7 Å². The molecule has 4 aliphatic carbocycles. The summed E-state index contributed by atoms with van der Waals surface area (Å²) in [6.45, 7) is 5.85. The van der Waals surface area contributed by atoms with E-state index in [1.807, 2.05) is 0 Å². The minimum absolute atomic E-state index is 0.0315. The number of aliphatic hydroxyl groups is 1. The molecule has 0 aliphatic heterocycles. The van der Waals surface area contributed by atoms with Crippen LogP contribution in [0.5, 0.6) is 0 Å². The second kappa shape index (κ2) is 5.29. The monoisotopic (exact) mass is 362 g/mol. The van der Waals surface area contributed by atoms with Crippen LogP contribution in [0.25, 0.3) is 0 Å². The molecular formula is C21H27ClO3. The van der Waals surface area contributed by atoms with Gasteiger partial charge >= 0.3 is 0 Å². The predicted molar refractivity (Wildman–Crippen MR) is 97.3 cm³/mol. The Morgan fingerprint density at radius 2 is 1.92 bits per heavy atom. The maximum absolute atomic E-state index is 12.2. The minimum Gasteiger partial charge on any atom is -0.382 e. The molecule has 0 saturated heterocycles. The van der Waals surface area contributed by atoms with Crippen molar-refractivity contribution in [3.8, 4) is 0 Å². The normalized spacial score (nSPS) is 51.4. The molecule has 0 unspecified atom stereocenters. The molecule has 0 radical (unpaired) electrons. The third-order valence-electron chi connectivity index (χ3n) is 8.27. The number of carbonyl (C=O) groups excluding carboxylic acids is 2. The van der Waals surface area contributed by atoms with Crippen LogP contribution in [0.4, 0.5) is 0 Å². The van der Waals surface area contributed by atoms with Gasteiger partial charge in [-0.1, -0.05) is 19.9 Å². The summed E-state index contributed by atoms with van der Waals surface area (Å²) in [5, 5.41) is 11.0. The van der Waals surface area contributed by atoms with E-state index in [1.165, 1.54) is 6.92 Å². The van der Waals surface area contributed by atoms with E-state index in [1.54, 1.807) is 12.2 Å². The highest BCUT2D eigenvalue weighted by molar-refractivity contribution is 6.23. The maximum atomic E-state index is 12.2. The summed E-state index contributed by atoms with van der Waals surface area (Å²) in [6.07, 6.45) is 9.58. The van der Waals surface area contributed by atoms with Crippen molar-refractivity contribution in [2.75, 3.05) is 0 Å². The van der Waals surface area contributed by atoms with Crippen LogP contribution >= 0.6 is 11.6 Å². The second-order valence-corrected chi connectivity index (χ2v) is 9.64. The number of hydrogen-bond acceptors (Lipinski definition) is 3. The number of rotatable bonds is 1. The highest BCUT2D eigenvalue weighted by Gasteiger charge is 2.65. The first-order valence-corrected chi connectivity index (χ1v) is 9.90. The lowest BCUT2D eigenvalue weighted by Crippen LogP contribution is -2.57. The number of alkyl halides is 1. The Labute approximate surface area is 154 Å². The number of halogens is 1. The Balaban J connectivity index is 1.75. The van der Waals surface area contributed by atoms with E-state index < -0.39 is 5.60 Å². The lowest BCUT2D eigenvalue weighted by molar-refractivity contribution is -0.158. The van der Waals surface area contributed by atoms with Crippen molar-refractivity contribution in [2.45, 2.75) is 63.9 Å². The number of fused-ring (bicyclic) bond motifs is 5. The van der Waals surface area contributed by atoms with Gasteiger partial charge in [-0.2, -0.15) is 0 Å². The molecular weight excluding hydrogens is 336 g/mol. The topological polar surface area (TPSA) is 54.4 Å². The Morgan fingerprint density at radius 3 is 2.60 bits per heavy atom. The van der Waals surface area contributed by atoms with Crippen LogP contribution in [0.15, 0.2) is 23.8 Å². The van der Waals surface area contributed by atoms with Gasteiger partial charge in [-0.3, -0.25) is 9.59 Å². The minimum atomic E-state index is -1.19. The molecule has 3 saturated carbocycles. The van der Waals surface area contributed by atoms with E-state index in [2.05, 4.69) is 19.9 Å². The Bertz CT molecular complexity index is 710. The molecule has 0 bridgehead atoms. The molecule has 4 heteroatoms. The molecule has 0 aromatic rings. The van der Waals surface area contributed by atoms with E-state index in [0.717, 1.165) is 31.3 Å². The van der Waals surface area contributed by atoms with Crippen LogP contribution in [0.1, 0.15) is 52.9 Å². The lowest BCUT2D eigenvalue weighted by atomic mass is 9.47. The highest BCUT2D eigenvalue weighted by atomic mass is 35.5. The van der Waals surface area contributed by atoms with E-state index >= 15 is 0 Å². The van der Waals surface area contributed by atoms with Crippen LogP contribution < -0.4 is 0 Å². The summed E-state index contributed by atoms with van der Waals surface area (Å²) >= 11 is 6.75. The average Bonchev–Trinajstić information content (AvgIpc) is 2.83. The van der Waals surface area contributed by atoms with Gasteiger partial charge in [-0.05, 0) is 74.5 Å². The van der Waals surface area contributed by atoms with Crippen LogP contribution in [0, 0.1) is 28.6 Å². The first-order chi connectivity index (χ1) is 11.6. The van der Waals surface area contributed by atoms with E-state index in [0.29, 0.717) is 24.2 Å². The first-order valence-electron chi connectivity index (χ1n) is 9.46. The van der Waals surface area contributed by atoms with Gasteiger partial charge in [-0.15, -0.1) is 11.6 Å². The molecule has 4 aliphatic rings. The van der Waals surface area contributed by atoms with Crippen molar-refractivity contribution in [1.29, 1.82) is 0 Å². The van der Waals surface area contributed by atoms with E-state index in [-0.39, 0.29) is 27.8 Å². The van der Waals surface area contributed by atoms with Crippen molar-refractivity contribution in [1.82, 2.24) is 0 Å². The van der Waals surface area contributed by atoms with Crippen molar-refractivity contribution in [3.05, 3.63) is 23.8 Å². The first kappa shape index (κ1) is 17.5. The van der Waals surface area contributed by atoms with Gasteiger partial charge in [0.15, 0.2) is 11.6 Å². The standard InChI is InChI=1S/C21H27ClO3/c1-12(23)21(25)9-6-16-14-11-18(22)17-10-13(24)4-7-19(17,2)15(14)5-8-20(16,21)3/h4,7,10,14-16,18,25H,5-6,8-9,11H2,1-3H3/t14-,15-,16+,18-,19-,20-,21+/m0/s1. The summed E-state index contributed by atoms with van der Waals surface area (Å²) in [5.41, 5.74) is -0.671. The fourth-order valence-corrected chi connectivity index (χ4v) is 7.30. The Hall–Kier alpha value is -0.930. The van der Waals surface area contributed by atoms with Crippen LogP contribution in [-0.2, 0) is 9.59 Å². The molecule has 3 nitrogen and oxygen atoms in total. The van der Waals surface area contributed by atoms with Crippen LogP contribution in [0.2, 0.25) is 0 Å². The lowest BCUT2D eigenvalue weighted by Gasteiger charge is -2.58. The van der Waals surface area contributed by atoms with Crippen molar-refractivity contribution >= 4 is 23.2 Å². The van der Waals surface area contributed by atoms with Crippen LogP contribution in [0.3, 0.4) is 0 Å². The van der Waals surface area contributed by atoms with E-state index in [9.17, 15) is 14.7 Å². The molecule has 7 atom stereocenters. The molecule has 0 spiro atoms.